The van der Waals surface area contributed by atoms with Crippen molar-refractivity contribution in [1.29, 1.82) is 0 Å². The smallest absolute Gasteiger partial charge is 0.251 e. The van der Waals surface area contributed by atoms with Gasteiger partial charge in [-0.15, -0.1) is 0 Å². The quantitative estimate of drug-likeness (QED) is 0.673. The standard InChI is InChI=1S/C21H28N2O5S/c1-6-23(7-2)29(25,26)18-11-8-16(9-12-18)21(24)22-15(3)19-14-17(27-4)10-13-20(19)28-5/h8-15H,6-7H2,1-5H3,(H,22,24). The summed E-state index contributed by atoms with van der Waals surface area (Å²) >= 11 is 0. The van der Waals surface area contributed by atoms with Crippen LogP contribution in [0.15, 0.2) is 47.4 Å². The summed E-state index contributed by atoms with van der Waals surface area (Å²) in [6.07, 6.45) is 0. The van der Waals surface area contributed by atoms with Crippen LogP contribution in [0.1, 0.15) is 42.7 Å². The van der Waals surface area contributed by atoms with Gasteiger partial charge in [-0.25, -0.2) is 8.42 Å². The van der Waals surface area contributed by atoms with Gasteiger partial charge in [-0.05, 0) is 49.4 Å². The van der Waals surface area contributed by atoms with E-state index < -0.39 is 10.0 Å². The highest BCUT2D eigenvalue weighted by Gasteiger charge is 2.22. The van der Waals surface area contributed by atoms with Crippen LogP contribution in [-0.4, -0.2) is 45.9 Å². The summed E-state index contributed by atoms with van der Waals surface area (Å²) in [4.78, 5) is 12.8. The van der Waals surface area contributed by atoms with Crippen molar-refractivity contribution in [2.45, 2.75) is 31.7 Å². The van der Waals surface area contributed by atoms with Crippen molar-refractivity contribution in [1.82, 2.24) is 9.62 Å². The Bertz CT molecular complexity index is 938. The molecule has 0 fully saturated rings. The third-order valence-electron chi connectivity index (χ3n) is 4.71. The molecule has 0 aliphatic carbocycles. The zero-order chi connectivity index (χ0) is 21.6. The van der Waals surface area contributed by atoms with Crippen molar-refractivity contribution >= 4 is 15.9 Å². The van der Waals surface area contributed by atoms with Crippen LogP contribution in [-0.2, 0) is 10.0 Å². The molecule has 0 heterocycles. The second-order valence-electron chi connectivity index (χ2n) is 6.42. The topological polar surface area (TPSA) is 84.9 Å². The van der Waals surface area contributed by atoms with Gasteiger partial charge in [-0.1, -0.05) is 13.8 Å². The molecule has 1 atom stereocenters. The summed E-state index contributed by atoms with van der Waals surface area (Å²) in [5.74, 6) is 0.987. The maximum absolute atomic E-state index is 12.6. The van der Waals surface area contributed by atoms with Crippen molar-refractivity contribution in [3.63, 3.8) is 0 Å². The average molecular weight is 421 g/mol. The molecule has 158 valence electrons. The molecular weight excluding hydrogens is 392 g/mol. The fourth-order valence-electron chi connectivity index (χ4n) is 3.03. The summed E-state index contributed by atoms with van der Waals surface area (Å²) in [5, 5.41) is 2.91. The summed E-state index contributed by atoms with van der Waals surface area (Å²) in [6.45, 7) is 6.20. The molecule has 0 spiro atoms. The van der Waals surface area contributed by atoms with Crippen LogP contribution in [0.4, 0.5) is 0 Å². The number of nitrogens with zero attached hydrogens (tertiary/aromatic N) is 1. The molecule has 8 heteroatoms. The molecule has 7 nitrogen and oxygen atoms in total. The first-order chi connectivity index (χ1) is 13.8. The van der Waals surface area contributed by atoms with E-state index in [1.807, 2.05) is 13.0 Å². The maximum atomic E-state index is 12.6. The summed E-state index contributed by atoms with van der Waals surface area (Å²) in [6, 6.07) is 11.0. The molecule has 29 heavy (non-hydrogen) atoms. The first-order valence-corrected chi connectivity index (χ1v) is 10.8. The Kier molecular flexibility index (Phi) is 7.64. The number of amides is 1. The van der Waals surface area contributed by atoms with E-state index in [4.69, 9.17) is 9.47 Å². The highest BCUT2D eigenvalue weighted by molar-refractivity contribution is 7.89. The summed E-state index contributed by atoms with van der Waals surface area (Å²) < 4.78 is 37.1. The van der Waals surface area contributed by atoms with E-state index >= 15 is 0 Å². The Labute approximate surface area is 172 Å². The van der Waals surface area contributed by atoms with E-state index in [0.29, 0.717) is 30.2 Å². The van der Waals surface area contributed by atoms with Gasteiger partial charge >= 0.3 is 0 Å². The van der Waals surface area contributed by atoms with Gasteiger partial charge < -0.3 is 14.8 Å². The monoisotopic (exact) mass is 420 g/mol. The summed E-state index contributed by atoms with van der Waals surface area (Å²) in [5.41, 5.74) is 1.15. The number of ether oxygens (including phenoxy) is 2. The number of rotatable bonds is 9. The SMILES string of the molecule is CCN(CC)S(=O)(=O)c1ccc(C(=O)NC(C)c2cc(OC)ccc2OC)cc1. The van der Waals surface area contributed by atoms with E-state index in [-0.39, 0.29) is 16.8 Å². The molecule has 0 saturated heterocycles. The van der Waals surface area contributed by atoms with Crippen LogP contribution in [0.3, 0.4) is 0 Å². The predicted octanol–water partition coefficient (Wildman–Crippen LogP) is 3.23. The Morgan fingerprint density at radius 1 is 1.03 bits per heavy atom. The van der Waals surface area contributed by atoms with Gasteiger partial charge in [0.2, 0.25) is 10.0 Å². The molecule has 2 rings (SSSR count). The molecule has 0 saturated carbocycles. The Morgan fingerprint density at radius 2 is 1.66 bits per heavy atom. The van der Waals surface area contributed by atoms with Crippen LogP contribution in [0.5, 0.6) is 11.5 Å². The molecule has 1 N–H and O–H groups in total. The second kappa shape index (κ2) is 9.76. The van der Waals surface area contributed by atoms with Crippen molar-refractivity contribution in [2.24, 2.45) is 0 Å². The van der Waals surface area contributed by atoms with E-state index in [0.717, 1.165) is 5.56 Å². The normalized spacial score (nSPS) is 12.5. The predicted molar refractivity (Wildman–Crippen MR) is 112 cm³/mol. The molecule has 1 unspecified atom stereocenters. The van der Waals surface area contributed by atoms with Crippen molar-refractivity contribution < 1.29 is 22.7 Å². The fourth-order valence-corrected chi connectivity index (χ4v) is 4.48. The number of nitrogens with one attached hydrogen (secondary N) is 1. The third kappa shape index (κ3) is 5.07. The zero-order valence-corrected chi connectivity index (χ0v) is 18.2. The number of carbonyl (C=O) groups is 1. The minimum absolute atomic E-state index is 0.167. The molecule has 0 radical (unpaired) electrons. The third-order valence-corrected chi connectivity index (χ3v) is 6.77. The Hall–Kier alpha value is -2.58. The number of carbonyl (C=O) groups excluding carboxylic acids is 1. The minimum Gasteiger partial charge on any atom is -0.497 e. The van der Waals surface area contributed by atoms with Crippen LogP contribution in [0, 0.1) is 0 Å². The molecule has 0 aliphatic heterocycles. The van der Waals surface area contributed by atoms with Gasteiger partial charge in [0.25, 0.3) is 5.91 Å². The fraction of sp³-hybridized carbons (Fsp3) is 0.381. The van der Waals surface area contributed by atoms with E-state index in [1.165, 1.54) is 28.6 Å². The number of methoxy groups -OCH3 is 2. The summed E-state index contributed by atoms with van der Waals surface area (Å²) in [7, 11) is -0.419. The zero-order valence-electron chi connectivity index (χ0n) is 17.4. The average Bonchev–Trinajstić information content (AvgIpc) is 2.73. The molecule has 0 aliphatic rings. The lowest BCUT2D eigenvalue weighted by Crippen LogP contribution is -2.30. The van der Waals surface area contributed by atoms with Crippen LogP contribution < -0.4 is 14.8 Å². The van der Waals surface area contributed by atoms with Gasteiger partial charge in [0.15, 0.2) is 0 Å². The lowest BCUT2D eigenvalue weighted by atomic mass is 10.1. The molecular formula is C21H28N2O5S. The highest BCUT2D eigenvalue weighted by Crippen LogP contribution is 2.29. The first kappa shape index (κ1) is 22.7. The Morgan fingerprint density at radius 3 is 2.17 bits per heavy atom. The number of hydrogen-bond donors (Lipinski definition) is 1. The van der Waals surface area contributed by atoms with Gasteiger partial charge in [0.1, 0.15) is 11.5 Å². The number of sulfonamides is 1. The highest BCUT2D eigenvalue weighted by atomic mass is 32.2. The van der Waals surface area contributed by atoms with Gasteiger partial charge in [-0.2, -0.15) is 4.31 Å². The number of benzene rings is 2. The van der Waals surface area contributed by atoms with E-state index in [9.17, 15) is 13.2 Å². The van der Waals surface area contributed by atoms with Crippen molar-refractivity contribution in [3.05, 3.63) is 53.6 Å². The molecule has 2 aromatic rings. The van der Waals surface area contributed by atoms with Gasteiger partial charge in [0, 0.05) is 24.2 Å². The van der Waals surface area contributed by atoms with E-state index in [2.05, 4.69) is 5.32 Å². The van der Waals surface area contributed by atoms with Crippen LogP contribution in [0.2, 0.25) is 0 Å². The van der Waals surface area contributed by atoms with Crippen molar-refractivity contribution in [3.8, 4) is 11.5 Å². The van der Waals surface area contributed by atoms with Gasteiger partial charge in [-0.3, -0.25) is 4.79 Å². The van der Waals surface area contributed by atoms with E-state index in [1.54, 1.807) is 40.2 Å². The first-order valence-electron chi connectivity index (χ1n) is 9.41. The van der Waals surface area contributed by atoms with Gasteiger partial charge in [0.05, 0.1) is 25.2 Å². The van der Waals surface area contributed by atoms with Crippen molar-refractivity contribution in [2.75, 3.05) is 27.3 Å². The molecule has 2 aromatic carbocycles. The second-order valence-corrected chi connectivity index (χ2v) is 8.35. The Balaban J connectivity index is 2.20. The number of hydrogen-bond acceptors (Lipinski definition) is 5. The van der Waals surface area contributed by atoms with Crippen LogP contribution in [0.25, 0.3) is 0 Å². The molecule has 1 amide bonds. The molecule has 0 aromatic heterocycles. The maximum Gasteiger partial charge on any atom is 0.251 e. The largest absolute Gasteiger partial charge is 0.497 e. The van der Waals surface area contributed by atoms with Crippen LogP contribution >= 0.6 is 0 Å². The molecule has 0 bridgehead atoms. The lowest BCUT2D eigenvalue weighted by Gasteiger charge is -2.19. The lowest BCUT2D eigenvalue weighted by molar-refractivity contribution is 0.0939. The minimum atomic E-state index is -3.56.